The van der Waals surface area contributed by atoms with E-state index in [1.54, 1.807) is 0 Å². The van der Waals surface area contributed by atoms with Crippen LogP contribution in [0.1, 0.15) is 19.3 Å². The zero-order valence-corrected chi connectivity index (χ0v) is 14.9. The molecule has 0 spiro atoms. The van der Waals surface area contributed by atoms with Gasteiger partial charge in [0.15, 0.2) is 0 Å². The number of aliphatic carboxylic acids is 1. The fourth-order valence-electron chi connectivity index (χ4n) is 2.49. The summed E-state index contributed by atoms with van der Waals surface area (Å²) in [5.74, 6) is -3.89. The van der Waals surface area contributed by atoms with Crippen molar-refractivity contribution in [1.82, 2.24) is 15.5 Å². The van der Waals surface area contributed by atoms with Gasteiger partial charge in [0.2, 0.25) is 23.6 Å². The molecule has 7 N–H and O–H groups in total. The molecule has 146 valence electrons. The van der Waals surface area contributed by atoms with Gasteiger partial charge in [-0.05, 0) is 12.8 Å². The Morgan fingerprint density at radius 2 is 1.92 bits per heavy atom. The van der Waals surface area contributed by atoms with Crippen molar-refractivity contribution in [2.24, 2.45) is 11.5 Å². The predicted octanol–water partition coefficient (Wildman–Crippen LogP) is -3.20. The highest BCUT2D eigenvalue weighted by Gasteiger charge is 2.36. The Bertz CT molecular complexity index is 586. The van der Waals surface area contributed by atoms with Crippen molar-refractivity contribution in [3.8, 4) is 0 Å². The SMILES string of the molecule is NC(=O)CC(NC(=O)C1CCCN1C(=O)CNC(=O)C(N)CS)C(=O)O. The van der Waals surface area contributed by atoms with E-state index >= 15 is 0 Å². The molecule has 12 heteroatoms. The molecule has 11 nitrogen and oxygen atoms in total. The molecule has 0 radical (unpaired) electrons. The van der Waals surface area contributed by atoms with Crippen LogP contribution in [0.5, 0.6) is 0 Å². The van der Waals surface area contributed by atoms with Gasteiger partial charge in [-0.1, -0.05) is 0 Å². The zero-order valence-electron chi connectivity index (χ0n) is 14.0. The zero-order chi connectivity index (χ0) is 19.9. The smallest absolute Gasteiger partial charge is 0.326 e. The van der Waals surface area contributed by atoms with Crippen molar-refractivity contribution in [3.63, 3.8) is 0 Å². The maximum Gasteiger partial charge on any atom is 0.326 e. The summed E-state index contributed by atoms with van der Waals surface area (Å²) in [6.45, 7) is -0.0489. The van der Waals surface area contributed by atoms with E-state index in [1.165, 1.54) is 4.90 Å². The van der Waals surface area contributed by atoms with E-state index in [2.05, 4.69) is 23.3 Å². The lowest BCUT2D eigenvalue weighted by Gasteiger charge is -2.25. The van der Waals surface area contributed by atoms with Crippen molar-refractivity contribution < 1.29 is 29.1 Å². The molecule has 0 aliphatic carbocycles. The highest BCUT2D eigenvalue weighted by molar-refractivity contribution is 7.80. The lowest BCUT2D eigenvalue weighted by molar-refractivity contribution is -0.145. The second-order valence-corrected chi connectivity index (χ2v) is 6.19. The average molecular weight is 389 g/mol. The van der Waals surface area contributed by atoms with Crippen LogP contribution in [0.15, 0.2) is 0 Å². The molecular formula is C14H23N5O6S. The number of nitrogens with zero attached hydrogens (tertiary/aromatic N) is 1. The highest BCUT2D eigenvalue weighted by Crippen LogP contribution is 2.17. The average Bonchev–Trinajstić information content (AvgIpc) is 3.07. The number of carbonyl (C=O) groups excluding carboxylic acids is 4. The molecule has 3 unspecified atom stereocenters. The van der Waals surface area contributed by atoms with Crippen molar-refractivity contribution in [3.05, 3.63) is 0 Å². The number of carboxylic acid groups (broad SMARTS) is 1. The number of primary amides is 1. The third-order valence-corrected chi connectivity index (χ3v) is 4.24. The van der Waals surface area contributed by atoms with Gasteiger partial charge in [0.05, 0.1) is 19.0 Å². The Kier molecular flexibility index (Phi) is 8.32. The van der Waals surface area contributed by atoms with E-state index in [0.717, 1.165) is 0 Å². The summed E-state index contributed by atoms with van der Waals surface area (Å²) in [7, 11) is 0. The summed E-state index contributed by atoms with van der Waals surface area (Å²) in [6.07, 6.45) is 0.325. The van der Waals surface area contributed by atoms with E-state index < -0.39 is 54.1 Å². The maximum atomic E-state index is 12.3. The van der Waals surface area contributed by atoms with Crippen LogP contribution in [0.25, 0.3) is 0 Å². The minimum Gasteiger partial charge on any atom is -0.480 e. The van der Waals surface area contributed by atoms with Crippen molar-refractivity contribution >= 4 is 42.2 Å². The van der Waals surface area contributed by atoms with Crippen molar-refractivity contribution in [2.45, 2.75) is 37.4 Å². The molecule has 1 aliphatic heterocycles. The summed E-state index contributed by atoms with van der Waals surface area (Å²) >= 11 is 3.88. The van der Waals surface area contributed by atoms with Gasteiger partial charge in [0.25, 0.3) is 0 Å². The molecule has 1 heterocycles. The Labute approximate surface area is 155 Å². The number of hydrogen-bond acceptors (Lipinski definition) is 7. The number of likely N-dealkylation sites (tertiary alicyclic amines) is 1. The molecule has 0 aromatic rings. The van der Waals surface area contributed by atoms with E-state index in [0.29, 0.717) is 19.4 Å². The van der Waals surface area contributed by atoms with Crippen LogP contribution in [-0.2, 0) is 24.0 Å². The number of carbonyl (C=O) groups is 5. The number of nitrogens with one attached hydrogen (secondary N) is 2. The van der Waals surface area contributed by atoms with Crippen LogP contribution >= 0.6 is 12.6 Å². The van der Waals surface area contributed by atoms with E-state index in [1.807, 2.05) is 0 Å². The normalized spacial score (nSPS) is 18.7. The van der Waals surface area contributed by atoms with Crippen LogP contribution in [0.3, 0.4) is 0 Å². The standard InChI is InChI=1S/C14H23N5O6S/c15-7(6-26)12(22)17-5-11(21)19-3-1-2-9(19)13(23)18-8(14(24)25)4-10(16)20/h7-9,26H,1-6,15H2,(H2,16,20)(H,17,22)(H,18,23)(H,24,25). The third-order valence-electron chi connectivity index (χ3n) is 3.84. The summed E-state index contributed by atoms with van der Waals surface area (Å²) in [4.78, 5) is 59.4. The number of rotatable bonds is 9. The number of carboxylic acids is 1. The molecule has 1 rings (SSSR count). The minimum atomic E-state index is -1.47. The van der Waals surface area contributed by atoms with Crippen molar-refractivity contribution in [2.75, 3.05) is 18.8 Å². The lowest BCUT2D eigenvalue weighted by Crippen LogP contribution is -2.53. The second-order valence-electron chi connectivity index (χ2n) is 5.82. The largest absolute Gasteiger partial charge is 0.480 e. The number of amides is 4. The fourth-order valence-corrected chi connectivity index (χ4v) is 2.65. The van der Waals surface area contributed by atoms with Gasteiger partial charge >= 0.3 is 5.97 Å². The summed E-state index contributed by atoms with van der Waals surface area (Å²) in [6, 6.07) is -3.20. The molecule has 0 bridgehead atoms. The number of nitrogens with two attached hydrogens (primary N) is 2. The summed E-state index contributed by atoms with van der Waals surface area (Å²) in [5.41, 5.74) is 10.4. The first-order valence-electron chi connectivity index (χ1n) is 7.92. The minimum absolute atomic E-state index is 0.116. The van der Waals surface area contributed by atoms with Crippen LogP contribution in [0, 0.1) is 0 Å². The quantitative estimate of drug-likeness (QED) is 0.224. The van der Waals surface area contributed by atoms with Crippen LogP contribution in [0.2, 0.25) is 0 Å². The molecule has 4 amide bonds. The van der Waals surface area contributed by atoms with Gasteiger partial charge in [0, 0.05) is 12.3 Å². The molecule has 26 heavy (non-hydrogen) atoms. The molecule has 1 fully saturated rings. The second kappa shape index (κ2) is 9.97. The molecular weight excluding hydrogens is 366 g/mol. The van der Waals surface area contributed by atoms with E-state index in [-0.39, 0.29) is 12.3 Å². The van der Waals surface area contributed by atoms with Crippen LogP contribution in [-0.4, -0.2) is 76.6 Å². The fraction of sp³-hybridized carbons (Fsp3) is 0.643. The summed E-state index contributed by atoms with van der Waals surface area (Å²) in [5, 5.41) is 13.6. The first-order valence-corrected chi connectivity index (χ1v) is 8.55. The topological polar surface area (TPSA) is 185 Å². The summed E-state index contributed by atoms with van der Waals surface area (Å²) < 4.78 is 0. The maximum absolute atomic E-state index is 12.3. The van der Waals surface area contributed by atoms with Gasteiger partial charge < -0.3 is 32.1 Å². The molecule has 0 aromatic heterocycles. The molecule has 1 saturated heterocycles. The Balaban J connectivity index is 2.66. The van der Waals surface area contributed by atoms with Gasteiger partial charge in [-0.2, -0.15) is 12.6 Å². The Morgan fingerprint density at radius 1 is 1.27 bits per heavy atom. The Morgan fingerprint density at radius 3 is 2.46 bits per heavy atom. The first-order chi connectivity index (χ1) is 12.2. The van der Waals surface area contributed by atoms with E-state index in [9.17, 15) is 24.0 Å². The third kappa shape index (κ3) is 6.19. The number of hydrogen-bond donors (Lipinski definition) is 6. The van der Waals surface area contributed by atoms with Gasteiger partial charge in [-0.25, -0.2) is 4.79 Å². The van der Waals surface area contributed by atoms with Gasteiger partial charge in [0.1, 0.15) is 12.1 Å². The first kappa shape index (κ1) is 21.7. The van der Waals surface area contributed by atoms with Crippen LogP contribution < -0.4 is 22.1 Å². The van der Waals surface area contributed by atoms with Gasteiger partial charge in [-0.3, -0.25) is 19.2 Å². The van der Waals surface area contributed by atoms with Gasteiger partial charge in [-0.15, -0.1) is 0 Å². The number of thiol groups is 1. The lowest BCUT2D eigenvalue weighted by atomic mass is 10.1. The van der Waals surface area contributed by atoms with Crippen molar-refractivity contribution in [1.29, 1.82) is 0 Å². The molecule has 0 saturated carbocycles. The highest BCUT2D eigenvalue weighted by atomic mass is 32.1. The monoisotopic (exact) mass is 389 g/mol. The van der Waals surface area contributed by atoms with Crippen LogP contribution in [0.4, 0.5) is 0 Å². The van der Waals surface area contributed by atoms with E-state index in [4.69, 9.17) is 16.6 Å². The molecule has 0 aromatic carbocycles. The predicted molar refractivity (Wildman–Crippen MR) is 93.0 cm³/mol. The Hall–Kier alpha value is -2.34. The molecule has 3 atom stereocenters. The molecule has 1 aliphatic rings.